The molecule has 20 heavy (non-hydrogen) atoms. The highest BCUT2D eigenvalue weighted by molar-refractivity contribution is 5.39. The SMILES string of the molecule is CCCN(Cc1ccc(N)cc1)C1CCC(C)C(C)C1. The highest BCUT2D eigenvalue weighted by Gasteiger charge is 2.28. The second-order valence-corrected chi connectivity index (χ2v) is 6.63. The van der Waals surface area contributed by atoms with Crippen molar-refractivity contribution in [3.63, 3.8) is 0 Å². The van der Waals surface area contributed by atoms with Crippen LogP contribution < -0.4 is 5.73 Å². The van der Waals surface area contributed by atoms with Crippen LogP contribution in [0.2, 0.25) is 0 Å². The summed E-state index contributed by atoms with van der Waals surface area (Å²) in [6, 6.07) is 9.15. The minimum absolute atomic E-state index is 0.763. The monoisotopic (exact) mass is 274 g/mol. The summed E-state index contributed by atoms with van der Waals surface area (Å²) in [6.45, 7) is 9.39. The van der Waals surface area contributed by atoms with Crippen molar-refractivity contribution in [2.45, 2.75) is 59.0 Å². The maximum absolute atomic E-state index is 5.78. The molecule has 2 nitrogen and oxygen atoms in total. The van der Waals surface area contributed by atoms with Gasteiger partial charge in [0.25, 0.3) is 0 Å². The van der Waals surface area contributed by atoms with Gasteiger partial charge < -0.3 is 5.73 Å². The van der Waals surface area contributed by atoms with Gasteiger partial charge in [-0.25, -0.2) is 0 Å². The third kappa shape index (κ3) is 3.99. The summed E-state index contributed by atoms with van der Waals surface area (Å²) < 4.78 is 0. The minimum Gasteiger partial charge on any atom is -0.399 e. The third-order valence-corrected chi connectivity index (χ3v) is 4.96. The van der Waals surface area contributed by atoms with Gasteiger partial charge in [-0.1, -0.05) is 32.9 Å². The minimum atomic E-state index is 0.763. The summed E-state index contributed by atoms with van der Waals surface area (Å²) in [5.41, 5.74) is 8.02. The maximum atomic E-state index is 5.78. The molecule has 1 saturated carbocycles. The van der Waals surface area contributed by atoms with Gasteiger partial charge in [0, 0.05) is 18.3 Å². The molecule has 0 bridgehead atoms. The van der Waals surface area contributed by atoms with Gasteiger partial charge in [-0.2, -0.15) is 0 Å². The lowest BCUT2D eigenvalue weighted by molar-refractivity contribution is 0.103. The molecule has 3 unspecified atom stereocenters. The van der Waals surface area contributed by atoms with Crippen molar-refractivity contribution in [1.82, 2.24) is 4.90 Å². The molecule has 1 aliphatic carbocycles. The average Bonchev–Trinajstić information content (AvgIpc) is 2.44. The maximum Gasteiger partial charge on any atom is 0.0314 e. The van der Waals surface area contributed by atoms with E-state index in [1.807, 2.05) is 12.1 Å². The summed E-state index contributed by atoms with van der Waals surface area (Å²) >= 11 is 0. The molecule has 1 aliphatic rings. The molecule has 2 N–H and O–H groups in total. The summed E-state index contributed by atoms with van der Waals surface area (Å²) in [6.07, 6.45) is 5.33. The van der Waals surface area contributed by atoms with E-state index in [-0.39, 0.29) is 0 Å². The van der Waals surface area contributed by atoms with E-state index in [1.54, 1.807) is 0 Å². The van der Waals surface area contributed by atoms with E-state index >= 15 is 0 Å². The second-order valence-electron chi connectivity index (χ2n) is 6.63. The molecule has 2 heteroatoms. The summed E-state index contributed by atoms with van der Waals surface area (Å²) in [4.78, 5) is 2.69. The number of rotatable bonds is 5. The van der Waals surface area contributed by atoms with Crippen molar-refractivity contribution in [1.29, 1.82) is 0 Å². The van der Waals surface area contributed by atoms with Crippen molar-refractivity contribution in [2.24, 2.45) is 11.8 Å². The number of benzene rings is 1. The molecule has 1 aromatic carbocycles. The van der Waals surface area contributed by atoms with Gasteiger partial charge in [-0.3, -0.25) is 4.90 Å². The van der Waals surface area contributed by atoms with Crippen LogP contribution in [-0.2, 0) is 6.54 Å². The molecule has 0 saturated heterocycles. The smallest absolute Gasteiger partial charge is 0.0314 e. The van der Waals surface area contributed by atoms with Crippen molar-refractivity contribution in [2.75, 3.05) is 12.3 Å². The van der Waals surface area contributed by atoms with Gasteiger partial charge in [-0.15, -0.1) is 0 Å². The van der Waals surface area contributed by atoms with Crippen molar-refractivity contribution >= 4 is 5.69 Å². The van der Waals surface area contributed by atoms with E-state index in [1.165, 1.54) is 37.8 Å². The van der Waals surface area contributed by atoms with Crippen LogP contribution >= 0.6 is 0 Å². The van der Waals surface area contributed by atoms with Gasteiger partial charge in [0.05, 0.1) is 0 Å². The van der Waals surface area contributed by atoms with Gasteiger partial charge >= 0.3 is 0 Å². The molecule has 1 aromatic rings. The zero-order valence-corrected chi connectivity index (χ0v) is 13.3. The van der Waals surface area contributed by atoms with Gasteiger partial charge in [-0.05, 0) is 61.8 Å². The lowest BCUT2D eigenvalue weighted by Crippen LogP contribution is -2.40. The van der Waals surface area contributed by atoms with E-state index in [4.69, 9.17) is 5.73 Å². The molecular weight excluding hydrogens is 244 g/mol. The largest absolute Gasteiger partial charge is 0.399 e. The molecule has 0 aliphatic heterocycles. The zero-order valence-electron chi connectivity index (χ0n) is 13.3. The molecule has 1 fully saturated rings. The number of hydrogen-bond acceptors (Lipinski definition) is 2. The number of nitrogens with two attached hydrogens (primary N) is 1. The topological polar surface area (TPSA) is 29.3 Å². The highest BCUT2D eigenvalue weighted by atomic mass is 15.2. The Balaban J connectivity index is 2.01. The molecule has 0 spiro atoms. The summed E-state index contributed by atoms with van der Waals surface area (Å²) in [5, 5.41) is 0. The summed E-state index contributed by atoms with van der Waals surface area (Å²) in [7, 11) is 0. The Morgan fingerprint density at radius 2 is 1.80 bits per heavy atom. The number of nitrogen functional groups attached to an aromatic ring is 1. The molecule has 0 radical (unpaired) electrons. The lowest BCUT2D eigenvalue weighted by atomic mass is 9.78. The van der Waals surface area contributed by atoms with E-state index in [9.17, 15) is 0 Å². The van der Waals surface area contributed by atoms with E-state index in [0.717, 1.165) is 30.1 Å². The Morgan fingerprint density at radius 3 is 2.40 bits per heavy atom. The molecule has 3 atom stereocenters. The predicted molar refractivity (Wildman–Crippen MR) is 87.5 cm³/mol. The Kier molecular flexibility index (Phi) is 5.47. The third-order valence-electron chi connectivity index (χ3n) is 4.96. The Hall–Kier alpha value is -1.02. The molecule has 0 amide bonds. The quantitative estimate of drug-likeness (QED) is 0.811. The average molecular weight is 274 g/mol. The highest BCUT2D eigenvalue weighted by Crippen LogP contribution is 2.32. The van der Waals surface area contributed by atoms with Crippen LogP contribution in [0.4, 0.5) is 5.69 Å². The molecule has 0 aromatic heterocycles. The lowest BCUT2D eigenvalue weighted by Gasteiger charge is -2.39. The first-order valence-electron chi connectivity index (χ1n) is 8.18. The first-order valence-corrected chi connectivity index (χ1v) is 8.18. The van der Waals surface area contributed by atoms with Gasteiger partial charge in [0.15, 0.2) is 0 Å². The van der Waals surface area contributed by atoms with Crippen molar-refractivity contribution in [3.05, 3.63) is 29.8 Å². The number of hydrogen-bond donors (Lipinski definition) is 1. The van der Waals surface area contributed by atoms with Crippen molar-refractivity contribution < 1.29 is 0 Å². The Morgan fingerprint density at radius 1 is 1.10 bits per heavy atom. The Bertz CT molecular complexity index is 398. The van der Waals surface area contributed by atoms with E-state index in [0.29, 0.717) is 0 Å². The first kappa shape index (κ1) is 15.4. The molecule has 112 valence electrons. The summed E-state index contributed by atoms with van der Waals surface area (Å²) in [5.74, 6) is 1.76. The normalized spacial score (nSPS) is 26.9. The standard InChI is InChI=1S/C18H30N2/c1-4-11-20(13-16-6-8-17(19)9-7-16)18-10-5-14(2)15(3)12-18/h6-9,14-15,18H,4-5,10-13,19H2,1-3H3. The van der Waals surface area contributed by atoms with Gasteiger partial charge in [0.2, 0.25) is 0 Å². The number of nitrogens with zero attached hydrogens (tertiary/aromatic N) is 1. The molecule has 0 heterocycles. The first-order chi connectivity index (χ1) is 9.60. The van der Waals surface area contributed by atoms with Crippen LogP contribution in [-0.4, -0.2) is 17.5 Å². The van der Waals surface area contributed by atoms with Crippen LogP contribution in [0.3, 0.4) is 0 Å². The second kappa shape index (κ2) is 7.12. The zero-order chi connectivity index (χ0) is 14.5. The van der Waals surface area contributed by atoms with Crippen LogP contribution in [0.5, 0.6) is 0 Å². The predicted octanol–water partition coefficient (Wildman–Crippen LogP) is 4.31. The fourth-order valence-electron chi connectivity index (χ4n) is 3.39. The van der Waals surface area contributed by atoms with Crippen LogP contribution in [0.25, 0.3) is 0 Å². The van der Waals surface area contributed by atoms with Crippen LogP contribution in [0.1, 0.15) is 52.0 Å². The number of anilines is 1. The van der Waals surface area contributed by atoms with E-state index in [2.05, 4.69) is 37.8 Å². The fraction of sp³-hybridized carbons (Fsp3) is 0.667. The fourth-order valence-corrected chi connectivity index (χ4v) is 3.39. The van der Waals surface area contributed by atoms with Crippen LogP contribution in [0, 0.1) is 11.8 Å². The Labute approximate surface area is 124 Å². The molecule has 2 rings (SSSR count). The van der Waals surface area contributed by atoms with E-state index < -0.39 is 0 Å². The van der Waals surface area contributed by atoms with Crippen LogP contribution in [0.15, 0.2) is 24.3 Å². The van der Waals surface area contributed by atoms with Gasteiger partial charge in [0.1, 0.15) is 0 Å². The molecular formula is C18H30N2. The van der Waals surface area contributed by atoms with Crippen molar-refractivity contribution in [3.8, 4) is 0 Å².